The van der Waals surface area contributed by atoms with Crippen LogP contribution < -0.4 is 9.07 Å². The molecule has 0 spiro atoms. The van der Waals surface area contributed by atoms with Gasteiger partial charge in [0.05, 0.1) is 5.56 Å². The van der Waals surface area contributed by atoms with Gasteiger partial charge in [0.1, 0.15) is 5.75 Å². The normalized spacial score (nSPS) is 10.6. The number of thiophene rings is 1. The van der Waals surface area contributed by atoms with E-state index in [9.17, 15) is 4.79 Å². The maximum absolute atomic E-state index is 11.3. The van der Waals surface area contributed by atoms with Gasteiger partial charge < -0.3 is 9.07 Å². The zero-order valence-corrected chi connectivity index (χ0v) is 13.4. The van der Waals surface area contributed by atoms with Gasteiger partial charge in [-0.3, -0.25) is 4.79 Å². The first kappa shape index (κ1) is 15.2. The molecule has 0 aliphatic rings. The van der Waals surface area contributed by atoms with Crippen LogP contribution in [0.4, 0.5) is 0 Å². The molecule has 0 saturated heterocycles. The van der Waals surface area contributed by atoms with Crippen LogP contribution in [0.3, 0.4) is 0 Å². The SMILES string of the molecule is O=C(Cl)c1csc2ccc(OSOOc3ccccc3)cc12. The number of para-hydroxylation sites is 1. The highest BCUT2D eigenvalue weighted by atomic mass is 35.5. The summed E-state index contributed by atoms with van der Waals surface area (Å²) in [6, 6.07) is 14.4. The van der Waals surface area contributed by atoms with Crippen LogP contribution in [0.15, 0.2) is 53.9 Å². The van der Waals surface area contributed by atoms with Crippen molar-refractivity contribution >= 4 is 50.6 Å². The summed E-state index contributed by atoms with van der Waals surface area (Å²) in [7, 11) is 0. The quantitative estimate of drug-likeness (QED) is 0.200. The Morgan fingerprint density at radius 2 is 1.91 bits per heavy atom. The van der Waals surface area contributed by atoms with E-state index >= 15 is 0 Å². The molecule has 4 nitrogen and oxygen atoms in total. The van der Waals surface area contributed by atoms with E-state index in [1.54, 1.807) is 29.6 Å². The first-order chi connectivity index (χ1) is 10.7. The number of carbonyl (C=O) groups excluding carboxylic acids is 1. The lowest BCUT2D eigenvalue weighted by Crippen LogP contribution is -1.92. The van der Waals surface area contributed by atoms with Crippen molar-refractivity contribution in [2.75, 3.05) is 0 Å². The van der Waals surface area contributed by atoms with Crippen molar-refractivity contribution in [1.29, 1.82) is 0 Å². The molecular formula is C15H9ClO4S2. The van der Waals surface area contributed by atoms with Gasteiger partial charge >= 0.3 is 0 Å². The zero-order chi connectivity index (χ0) is 15.4. The van der Waals surface area contributed by atoms with E-state index in [1.165, 1.54) is 11.3 Å². The standard InChI is InChI=1S/C15H9ClO4S2/c16-15(17)13-9-21-14-7-6-11(8-12(13)14)19-22-20-18-10-4-2-1-3-5-10/h1-9H. The van der Waals surface area contributed by atoms with Gasteiger partial charge in [0, 0.05) is 15.5 Å². The Morgan fingerprint density at radius 1 is 1.09 bits per heavy atom. The fourth-order valence-electron chi connectivity index (χ4n) is 1.79. The molecule has 0 saturated carbocycles. The van der Waals surface area contributed by atoms with Crippen molar-refractivity contribution in [3.8, 4) is 11.5 Å². The first-order valence-corrected chi connectivity index (χ1v) is 8.10. The Kier molecular flexibility index (Phi) is 4.84. The second-order valence-corrected chi connectivity index (χ2v) is 5.89. The minimum Gasteiger partial charge on any atom is -0.398 e. The van der Waals surface area contributed by atoms with E-state index in [4.69, 9.17) is 25.0 Å². The lowest BCUT2D eigenvalue weighted by atomic mass is 10.2. The molecule has 0 aliphatic heterocycles. The zero-order valence-electron chi connectivity index (χ0n) is 11.0. The molecule has 1 aromatic heterocycles. The molecule has 0 N–H and O–H groups in total. The van der Waals surface area contributed by atoms with E-state index in [0.717, 1.165) is 10.1 Å². The molecule has 22 heavy (non-hydrogen) atoms. The van der Waals surface area contributed by atoms with Crippen molar-refractivity contribution in [3.63, 3.8) is 0 Å². The maximum atomic E-state index is 11.3. The van der Waals surface area contributed by atoms with Crippen molar-refractivity contribution in [3.05, 3.63) is 59.5 Å². The Balaban J connectivity index is 1.62. The van der Waals surface area contributed by atoms with Crippen LogP contribution >= 0.6 is 35.3 Å². The van der Waals surface area contributed by atoms with Gasteiger partial charge in [0.25, 0.3) is 17.6 Å². The number of halogens is 1. The van der Waals surface area contributed by atoms with Crippen molar-refractivity contribution in [2.24, 2.45) is 0 Å². The predicted molar refractivity (Wildman–Crippen MR) is 88.4 cm³/mol. The van der Waals surface area contributed by atoms with Crippen LogP contribution in [0.5, 0.6) is 11.5 Å². The number of rotatable bonds is 6. The summed E-state index contributed by atoms with van der Waals surface area (Å²) in [6.45, 7) is 0. The monoisotopic (exact) mass is 352 g/mol. The minimum atomic E-state index is -0.486. The summed E-state index contributed by atoms with van der Waals surface area (Å²) in [4.78, 5) is 16.4. The Labute approximate surface area is 139 Å². The minimum absolute atomic E-state index is 0.471. The largest absolute Gasteiger partial charge is 0.398 e. The molecule has 0 unspecified atom stereocenters. The number of hydrogen-bond donors (Lipinski definition) is 0. The second kappa shape index (κ2) is 7.02. The van der Waals surface area contributed by atoms with Gasteiger partial charge in [0.15, 0.2) is 5.75 Å². The van der Waals surface area contributed by atoms with Crippen LogP contribution in [0.2, 0.25) is 0 Å². The highest BCUT2D eigenvalue weighted by Crippen LogP contribution is 2.31. The third-order valence-corrected chi connectivity index (χ3v) is 4.34. The van der Waals surface area contributed by atoms with E-state index in [2.05, 4.69) is 0 Å². The predicted octanol–water partition coefficient (Wildman–Crippen LogP) is 5.23. The summed E-state index contributed by atoms with van der Waals surface area (Å²) in [5, 5.41) is 2.00. The number of fused-ring (bicyclic) bond motifs is 1. The number of benzene rings is 2. The third kappa shape index (κ3) is 3.53. The molecular weight excluding hydrogens is 344 g/mol. The topological polar surface area (TPSA) is 44.8 Å². The van der Waals surface area contributed by atoms with Crippen LogP contribution in [0.1, 0.15) is 10.4 Å². The second-order valence-electron chi connectivity index (χ2n) is 4.20. The molecule has 0 fully saturated rings. The lowest BCUT2D eigenvalue weighted by Gasteiger charge is -2.04. The summed E-state index contributed by atoms with van der Waals surface area (Å²) in [5.74, 6) is 1.11. The van der Waals surface area contributed by atoms with Gasteiger partial charge in [-0.05, 0) is 41.9 Å². The Hall–Kier alpha value is -1.73. The van der Waals surface area contributed by atoms with E-state index in [-0.39, 0.29) is 0 Å². The van der Waals surface area contributed by atoms with E-state index in [0.29, 0.717) is 29.4 Å². The van der Waals surface area contributed by atoms with Crippen LogP contribution in [0.25, 0.3) is 10.1 Å². The molecule has 7 heteroatoms. The summed E-state index contributed by atoms with van der Waals surface area (Å²) >= 11 is 7.69. The molecule has 0 radical (unpaired) electrons. The molecule has 2 aromatic carbocycles. The number of hydrogen-bond acceptors (Lipinski definition) is 6. The van der Waals surface area contributed by atoms with Crippen LogP contribution in [-0.2, 0) is 4.33 Å². The molecule has 0 atom stereocenters. The molecule has 3 rings (SSSR count). The van der Waals surface area contributed by atoms with Crippen molar-refractivity contribution in [1.82, 2.24) is 0 Å². The highest BCUT2D eigenvalue weighted by Gasteiger charge is 2.11. The lowest BCUT2D eigenvalue weighted by molar-refractivity contribution is -0.0833. The first-order valence-electron chi connectivity index (χ1n) is 6.18. The van der Waals surface area contributed by atoms with Gasteiger partial charge in [-0.25, -0.2) is 0 Å². The van der Waals surface area contributed by atoms with Gasteiger partial charge in [-0.2, -0.15) is 0 Å². The molecule has 0 bridgehead atoms. The third-order valence-electron chi connectivity index (χ3n) is 2.79. The summed E-state index contributed by atoms with van der Waals surface area (Å²) in [5.41, 5.74) is 0.471. The average molecular weight is 353 g/mol. The molecule has 1 heterocycles. The van der Waals surface area contributed by atoms with Crippen LogP contribution in [-0.4, -0.2) is 5.24 Å². The van der Waals surface area contributed by atoms with Crippen molar-refractivity contribution < 1.29 is 18.2 Å². The number of carbonyl (C=O) groups is 1. The Bertz CT molecular complexity index is 789. The summed E-state index contributed by atoms with van der Waals surface area (Å²) in [6.07, 6.45) is 0. The van der Waals surface area contributed by atoms with Gasteiger partial charge in [-0.15, -0.1) is 11.3 Å². The van der Waals surface area contributed by atoms with Crippen LogP contribution in [0, 0.1) is 0 Å². The van der Waals surface area contributed by atoms with E-state index in [1.807, 2.05) is 24.3 Å². The molecule has 0 aliphatic carbocycles. The Morgan fingerprint density at radius 3 is 2.68 bits per heavy atom. The molecule has 0 amide bonds. The fourth-order valence-corrected chi connectivity index (χ4v) is 3.25. The maximum Gasteiger partial charge on any atom is 0.271 e. The van der Waals surface area contributed by atoms with Gasteiger partial charge in [-0.1, -0.05) is 22.5 Å². The summed E-state index contributed by atoms with van der Waals surface area (Å²) < 4.78 is 11.2. The fraction of sp³-hybridized carbons (Fsp3) is 0. The van der Waals surface area contributed by atoms with Crippen molar-refractivity contribution in [2.45, 2.75) is 0 Å². The smallest absolute Gasteiger partial charge is 0.271 e. The molecule has 3 aromatic rings. The van der Waals surface area contributed by atoms with Gasteiger partial charge in [0.2, 0.25) is 0 Å². The highest BCUT2D eigenvalue weighted by molar-refractivity contribution is 7.90. The average Bonchev–Trinajstić information content (AvgIpc) is 2.96. The van der Waals surface area contributed by atoms with E-state index < -0.39 is 5.24 Å². The molecule has 112 valence electrons.